The smallest absolute Gasteiger partial charge is 0.262 e. The van der Waals surface area contributed by atoms with Gasteiger partial charge < -0.3 is 28.7 Å². The van der Waals surface area contributed by atoms with Crippen LogP contribution in [0.3, 0.4) is 0 Å². The van der Waals surface area contributed by atoms with E-state index in [4.69, 9.17) is 42.1 Å². The Balaban J connectivity index is 0.000000179. The van der Waals surface area contributed by atoms with Gasteiger partial charge in [-0.3, -0.25) is 38.6 Å². The minimum atomic E-state index is -2.92. The predicted molar refractivity (Wildman–Crippen MR) is 445 cm³/mol. The molecule has 108 heavy (non-hydrogen) atoms. The zero-order valence-electron chi connectivity index (χ0n) is 65.2. The fraction of sp³-hybridized carbons (Fsp3) is 0.682. The summed E-state index contributed by atoms with van der Waals surface area (Å²) < 4.78 is 61.7. The number of ether oxygens (including phenoxy) is 4. The molecule has 8 heterocycles. The van der Waals surface area contributed by atoms with Crippen molar-refractivity contribution < 1.29 is 37.0 Å². The number of nitrogens with zero attached hydrogens (tertiary/aromatic N) is 6. The van der Waals surface area contributed by atoms with E-state index in [-0.39, 0.29) is 63.6 Å². The lowest BCUT2D eigenvalue weighted by atomic mass is 9.62. The Morgan fingerprint density at radius 2 is 0.981 bits per heavy atom. The minimum Gasteiger partial charge on any atom is -0.490 e. The van der Waals surface area contributed by atoms with Gasteiger partial charge in [-0.1, -0.05) is 82.3 Å². The quantitative estimate of drug-likeness (QED) is 0.169. The molecule has 0 aromatic heterocycles. The normalized spacial score (nSPS) is 36.4. The van der Waals surface area contributed by atoms with E-state index < -0.39 is 19.4 Å². The fourth-order valence-corrected chi connectivity index (χ4v) is 25.8. The average molecular weight is 1560 g/mol. The van der Waals surface area contributed by atoms with Crippen molar-refractivity contribution in [3.8, 4) is 11.5 Å². The van der Waals surface area contributed by atoms with E-state index in [0.717, 1.165) is 201 Å². The van der Waals surface area contributed by atoms with Crippen LogP contribution in [0.5, 0.6) is 11.5 Å². The van der Waals surface area contributed by atoms with E-state index in [1.165, 1.54) is 86.7 Å². The maximum absolute atomic E-state index is 14.2. The van der Waals surface area contributed by atoms with Crippen LogP contribution < -0.4 is 28.7 Å². The second-order valence-electron chi connectivity index (χ2n) is 35.5. The SMILES string of the molecule is C.C=S1(=O)NC(=O)c2ccc3c(c2)N(C[C@@H]2CC[C@H]2[C@@](CN2CCN4CCCC[C@@H]4C2)(OC)CCC[C@H](C)[C@H]1C)C[C@@]1(CCCc2cc(Cl)ccc21)CO3.C=S1(=O)NC(=O)c2ccc3c(c2)N(C[C@@H]2CC[C@H]2[C@](CN2CCN4CCCC[C@@H]4C2)(OCC)CCC[C@H](C)[C@H]1C)C[C@@]1(CCCc2cc(Cl)ccc21)CO3. The van der Waals surface area contributed by atoms with Gasteiger partial charge in [0.25, 0.3) is 11.8 Å². The molecule has 0 radical (unpaired) electrons. The summed E-state index contributed by atoms with van der Waals surface area (Å²) in [5.74, 6) is 11.2. The van der Waals surface area contributed by atoms with Gasteiger partial charge in [0.05, 0.1) is 55.2 Å². The molecular weight excluding hydrogens is 1430 g/mol. The molecule has 12 aliphatic rings. The summed E-state index contributed by atoms with van der Waals surface area (Å²) >= 11 is 13.1. The number of amides is 2. The number of methoxy groups -OCH3 is 1. The molecule has 4 aliphatic carbocycles. The van der Waals surface area contributed by atoms with Crippen LogP contribution in [-0.2, 0) is 52.6 Å². The predicted octanol–water partition coefficient (Wildman–Crippen LogP) is 15.0. The Hall–Kier alpha value is -4.60. The molecule has 4 aromatic rings. The van der Waals surface area contributed by atoms with Crippen molar-refractivity contribution in [2.45, 2.75) is 228 Å². The summed E-state index contributed by atoms with van der Waals surface area (Å²) in [5, 5.41) is 1.02. The summed E-state index contributed by atoms with van der Waals surface area (Å²) in [4.78, 5) is 43.7. The van der Waals surface area contributed by atoms with E-state index in [2.05, 4.69) is 95.6 Å². The van der Waals surface area contributed by atoms with Crippen LogP contribution in [0.15, 0.2) is 72.8 Å². The first kappa shape index (κ1) is 80.0. The van der Waals surface area contributed by atoms with Gasteiger partial charge in [0.1, 0.15) is 11.5 Å². The number of piperidine rings is 2. The lowest BCUT2D eigenvalue weighted by Crippen LogP contribution is -2.62. The van der Waals surface area contributed by atoms with Crippen LogP contribution in [0.25, 0.3) is 0 Å². The summed E-state index contributed by atoms with van der Waals surface area (Å²) in [7, 11) is -3.86. The lowest BCUT2D eigenvalue weighted by molar-refractivity contribution is -0.151. The van der Waals surface area contributed by atoms with Crippen LogP contribution >= 0.6 is 23.2 Å². The van der Waals surface area contributed by atoms with Gasteiger partial charge in [-0.25, -0.2) is 8.42 Å². The number of aryl methyl sites for hydroxylation is 2. The topological polar surface area (TPSA) is 149 Å². The molecule has 594 valence electrons. The minimum absolute atomic E-state index is 0. The third-order valence-electron chi connectivity index (χ3n) is 29.2. The van der Waals surface area contributed by atoms with Gasteiger partial charge in [0.2, 0.25) is 0 Å². The molecule has 8 aliphatic heterocycles. The molecule has 2 N–H and O–H groups in total. The monoisotopic (exact) mass is 1560 g/mol. The highest BCUT2D eigenvalue weighted by atomic mass is 35.5. The molecule has 2 unspecified atom stereocenters. The molecule has 20 heteroatoms. The first-order chi connectivity index (χ1) is 51.5. The first-order valence-corrected chi connectivity index (χ1v) is 45.9. The fourth-order valence-electron chi connectivity index (χ4n) is 22.4. The molecule has 4 aromatic carbocycles. The van der Waals surface area contributed by atoms with Crippen LogP contribution in [0.1, 0.15) is 213 Å². The zero-order chi connectivity index (χ0) is 74.6. The largest absolute Gasteiger partial charge is 0.490 e. The number of rotatable bonds is 7. The average Bonchev–Trinajstić information content (AvgIpc) is 1.38. The number of fused-ring (bicyclic) bond motifs is 10. The highest BCUT2D eigenvalue weighted by Crippen LogP contribution is 2.54. The van der Waals surface area contributed by atoms with Crippen LogP contribution in [0, 0.1) is 35.5 Å². The van der Waals surface area contributed by atoms with Crippen LogP contribution in [0.2, 0.25) is 10.0 Å². The lowest BCUT2D eigenvalue weighted by Gasteiger charge is -2.54. The Kier molecular flexibility index (Phi) is 24.5. The van der Waals surface area contributed by atoms with Gasteiger partial charge in [-0.05, 0) is 280 Å². The molecule has 16 rings (SSSR count). The second kappa shape index (κ2) is 33.1. The van der Waals surface area contributed by atoms with Crippen molar-refractivity contribution in [1.29, 1.82) is 0 Å². The Morgan fingerprint density at radius 1 is 0.528 bits per heavy atom. The van der Waals surface area contributed by atoms with E-state index >= 15 is 0 Å². The molecule has 2 saturated carbocycles. The molecule has 16 atom stereocenters. The van der Waals surface area contributed by atoms with Gasteiger partial charge in [-0.15, -0.1) is 0 Å². The number of benzene rings is 4. The van der Waals surface area contributed by atoms with E-state index in [9.17, 15) is 18.0 Å². The van der Waals surface area contributed by atoms with Crippen molar-refractivity contribution in [1.82, 2.24) is 29.0 Å². The number of anilines is 2. The second-order valence-corrected chi connectivity index (χ2v) is 41.2. The van der Waals surface area contributed by atoms with Crippen molar-refractivity contribution in [2.24, 2.45) is 35.5 Å². The summed E-state index contributed by atoms with van der Waals surface area (Å²) in [6, 6.07) is 25.6. The first-order valence-electron chi connectivity index (χ1n) is 41.6. The summed E-state index contributed by atoms with van der Waals surface area (Å²) in [5.41, 5.74) is 7.27. The van der Waals surface area contributed by atoms with E-state index in [1.54, 1.807) is 0 Å². The highest BCUT2D eigenvalue weighted by Gasteiger charge is 2.54. The van der Waals surface area contributed by atoms with E-state index in [0.29, 0.717) is 66.7 Å². The molecule has 4 saturated heterocycles. The third kappa shape index (κ3) is 16.3. The highest BCUT2D eigenvalue weighted by molar-refractivity contribution is 7.99. The molecule has 6 fully saturated rings. The van der Waals surface area contributed by atoms with Crippen molar-refractivity contribution in [3.63, 3.8) is 0 Å². The number of carbonyl (C=O) groups is 2. The Bertz CT molecular complexity index is 4110. The van der Waals surface area contributed by atoms with E-state index in [1.807, 2.05) is 69.5 Å². The van der Waals surface area contributed by atoms with Crippen LogP contribution in [-0.4, -0.2) is 204 Å². The van der Waals surface area contributed by atoms with Crippen molar-refractivity contribution >= 4 is 77.5 Å². The molecular formula is C88H128Cl2N8O8S2. The molecule has 4 bridgehead atoms. The molecule has 16 nitrogen and oxygen atoms in total. The van der Waals surface area contributed by atoms with Crippen molar-refractivity contribution in [3.05, 3.63) is 116 Å². The molecule has 2 amide bonds. The number of piperazine rings is 2. The Labute approximate surface area is 658 Å². The van der Waals surface area contributed by atoms with Crippen molar-refractivity contribution in [2.75, 3.05) is 128 Å². The maximum Gasteiger partial charge on any atom is 0.262 e. The van der Waals surface area contributed by atoms with Gasteiger partial charge in [-0.2, -0.15) is 0 Å². The van der Waals surface area contributed by atoms with Gasteiger partial charge in [0, 0.05) is 147 Å². The third-order valence-corrected chi connectivity index (χ3v) is 34.1. The standard InChI is InChI=1S/C44H63ClN4O4S.C43H61ClN4O4S.CH4/c1-5-53-44(29-47-22-23-48-21-7-6-12-37(48)27-47)20-8-10-31(2)32(3)54(4,51)46-42(50)34-14-18-41-40(25-34)49(26-35-13-16-39(35)44)28-43(30-52-41)19-9-11-33-24-36(45)15-17-38(33)43;1-30-9-7-19-43(51-3,28-46-21-22-47-20-6-5-11-36(47)26-46)38-15-12-34(38)25-48-27-42(18-8-10-32-23-35(44)14-16-37(32)42)29-52-40-17-13-33(24-39(40)48)41(49)45-53(4,50)31(30)2;/h14-15,17-18,24-25,31-32,35,37,39H,4-13,16,19-23,26-30H2,1-3H3,(H,46,50,51);13-14,16-17,23-24,30-31,34,36,38H,4-12,15,18-22,25-29H2,1-3H3,(H,45,49,50);1H4/t31-,32+,35-,37+,39+,43-,44-,54?;30-,31+,34-,36+,38+,42-,43+,53?;/m00./s1. The zero-order valence-corrected chi connectivity index (χ0v) is 68.4. The van der Waals surface area contributed by atoms with Crippen LogP contribution in [0.4, 0.5) is 11.4 Å². The number of carbonyl (C=O) groups excluding carboxylic acids is 2. The summed E-state index contributed by atoms with van der Waals surface area (Å²) in [6.45, 7) is 26.9. The maximum atomic E-state index is 14.2. The number of hydrogen-bond acceptors (Lipinski definition) is 14. The van der Waals surface area contributed by atoms with Gasteiger partial charge >= 0.3 is 0 Å². The summed E-state index contributed by atoms with van der Waals surface area (Å²) in [6.07, 6.45) is 24.6. The Morgan fingerprint density at radius 3 is 1.43 bits per heavy atom. The molecule has 2 spiro atoms. The number of nitrogens with one attached hydrogen (secondary N) is 2. The number of halogens is 2. The number of hydrogen-bond donors (Lipinski definition) is 2. The van der Waals surface area contributed by atoms with Gasteiger partial charge in [0.15, 0.2) is 0 Å².